The highest BCUT2D eigenvalue weighted by Crippen LogP contribution is 2.15. The normalized spacial score (nSPS) is 10.7. The predicted octanol–water partition coefficient (Wildman–Crippen LogP) is 1.29. The molecule has 0 aromatic carbocycles. The van der Waals surface area contributed by atoms with Crippen molar-refractivity contribution in [2.45, 2.75) is 20.0 Å². The van der Waals surface area contributed by atoms with Gasteiger partial charge in [0.2, 0.25) is 0 Å². The number of hydrogen-bond acceptors (Lipinski definition) is 3. The number of aryl methyl sites for hydroxylation is 1. The van der Waals surface area contributed by atoms with Gasteiger partial charge in [-0.15, -0.1) is 0 Å². The van der Waals surface area contributed by atoms with Crippen LogP contribution >= 0.6 is 0 Å². The summed E-state index contributed by atoms with van der Waals surface area (Å²) in [6.45, 7) is 3.19. The van der Waals surface area contributed by atoms with Crippen LogP contribution in [0.5, 0.6) is 0 Å². The highest BCUT2D eigenvalue weighted by Gasteiger charge is 2.06. The number of aromatic nitrogens is 2. The van der Waals surface area contributed by atoms with Gasteiger partial charge in [-0.1, -0.05) is 0 Å². The minimum Gasteiger partial charge on any atom is -0.465 e. The third kappa shape index (κ3) is 1.70. The van der Waals surface area contributed by atoms with Crippen molar-refractivity contribution in [2.75, 3.05) is 0 Å². The molecule has 0 saturated heterocycles. The van der Waals surface area contributed by atoms with Crippen LogP contribution in [0, 0.1) is 6.92 Å². The summed E-state index contributed by atoms with van der Waals surface area (Å²) >= 11 is 0. The summed E-state index contributed by atoms with van der Waals surface area (Å²) in [5.74, 6) is 1.76. The van der Waals surface area contributed by atoms with E-state index in [9.17, 15) is 0 Å². The van der Waals surface area contributed by atoms with Crippen molar-refractivity contribution in [3.8, 4) is 0 Å². The van der Waals surface area contributed by atoms with Gasteiger partial charge in [-0.05, 0) is 13.0 Å². The van der Waals surface area contributed by atoms with E-state index in [1.807, 2.05) is 23.8 Å². The van der Waals surface area contributed by atoms with Gasteiger partial charge in [0.1, 0.15) is 11.5 Å². The van der Waals surface area contributed by atoms with Gasteiger partial charge in [-0.2, -0.15) is 0 Å². The average Bonchev–Trinajstić information content (AvgIpc) is 2.78. The third-order valence-electron chi connectivity index (χ3n) is 2.18. The molecule has 0 amide bonds. The summed E-state index contributed by atoms with van der Waals surface area (Å²) in [7, 11) is 0. The molecule has 2 rings (SSSR count). The van der Waals surface area contributed by atoms with E-state index < -0.39 is 0 Å². The Balaban J connectivity index is 2.20. The molecule has 2 N–H and O–H groups in total. The molecule has 2 aromatic rings. The monoisotopic (exact) mass is 191 g/mol. The number of furan rings is 1. The molecule has 0 aliphatic rings. The van der Waals surface area contributed by atoms with Crippen molar-refractivity contribution >= 4 is 0 Å². The zero-order chi connectivity index (χ0) is 9.97. The highest BCUT2D eigenvalue weighted by molar-refractivity contribution is 5.21. The Labute approximate surface area is 82.4 Å². The molecule has 0 fully saturated rings. The van der Waals surface area contributed by atoms with E-state index in [4.69, 9.17) is 10.2 Å². The summed E-state index contributed by atoms with van der Waals surface area (Å²) in [5, 5.41) is 0. The first kappa shape index (κ1) is 9.02. The Morgan fingerprint density at radius 3 is 3.00 bits per heavy atom. The third-order valence-corrected chi connectivity index (χ3v) is 2.18. The van der Waals surface area contributed by atoms with Gasteiger partial charge in [-0.25, -0.2) is 4.98 Å². The summed E-state index contributed by atoms with van der Waals surface area (Å²) in [6, 6.07) is 2.00. The number of nitrogens with zero attached hydrogens (tertiary/aromatic N) is 2. The Hall–Kier alpha value is -1.55. The van der Waals surface area contributed by atoms with Crippen molar-refractivity contribution in [1.29, 1.82) is 0 Å². The van der Waals surface area contributed by atoms with Gasteiger partial charge in [0.05, 0.1) is 19.4 Å². The lowest BCUT2D eigenvalue weighted by molar-refractivity contribution is 0.482. The topological polar surface area (TPSA) is 57.0 Å². The fourth-order valence-corrected chi connectivity index (χ4v) is 1.42. The molecule has 0 radical (unpaired) electrons. The van der Waals surface area contributed by atoms with Crippen molar-refractivity contribution in [3.05, 3.63) is 41.9 Å². The van der Waals surface area contributed by atoms with Gasteiger partial charge >= 0.3 is 0 Å². The quantitative estimate of drug-likeness (QED) is 0.795. The minimum atomic E-state index is 0.449. The Kier molecular flexibility index (Phi) is 2.37. The summed E-state index contributed by atoms with van der Waals surface area (Å²) in [6.07, 6.45) is 5.47. The molecular weight excluding hydrogens is 178 g/mol. The molecule has 0 aliphatic heterocycles. The summed E-state index contributed by atoms with van der Waals surface area (Å²) in [4.78, 5) is 3.98. The first-order chi connectivity index (χ1) is 6.79. The van der Waals surface area contributed by atoms with Crippen LogP contribution in [0.25, 0.3) is 0 Å². The van der Waals surface area contributed by atoms with Crippen LogP contribution in [0.1, 0.15) is 17.1 Å². The molecule has 2 aromatic heterocycles. The maximum absolute atomic E-state index is 5.49. The molecule has 0 atom stereocenters. The largest absolute Gasteiger partial charge is 0.465 e. The maximum atomic E-state index is 5.49. The molecule has 0 aliphatic carbocycles. The van der Waals surface area contributed by atoms with E-state index in [1.165, 1.54) is 0 Å². The van der Waals surface area contributed by atoms with E-state index in [-0.39, 0.29) is 0 Å². The number of hydrogen-bond donors (Lipinski definition) is 1. The molecular formula is C10H13N3O. The van der Waals surface area contributed by atoms with Crippen LogP contribution in [0.4, 0.5) is 0 Å². The number of imidazole rings is 1. The van der Waals surface area contributed by atoms with Crippen LogP contribution in [-0.4, -0.2) is 9.55 Å². The second-order valence-corrected chi connectivity index (χ2v) is 3.23. The first-order valence-corrected chi connectivity index (χ1v) is 4.53. The van der Waals surface area contributed by atoms with Crippen LogP contribution < -0.4 is 5.73 Å². The van der Waals surface area contributed by atoms with E-state index in [0.29, 0.717) is 6.54 Å². The Morgan fingerprint density at radius 1 is 1.57 bits per heavy atom. The molecule has 0 bridgehead atoms. The van der Waals surface area contributed by atoms with Crippen LogP contribution in [0.2, 0.25) is 0 Å². The first-order valence-electron chi connectivity index (χ1n) is 4.53. The molecule has 4 nitrogen and oxygen atoms in total. The maximum Gasteiger partial charge on any atom is 0.118 e. The van der Waals surface area contributed by atoms with Gasteiger partial charge in [0.25, 0.3) is 0 Å². The van der Waals surface area contributed by atoms with Crippen molar-refractivity contribution in [1.82, 2.24) is 9.55 Å². The lowest BCUT2D eigenvalue weighted by Crippen LogP contribution is -1.96. The summed E-state index contributed by atoms with van der Waals surface area (Å²) in [5.41, 5.74) is 6.65. The van der Waals surface area contributed by atoms with Crippen molar-refractivity contribution in [3.63, 3.8) is 0 Å². The fourth-order valence-electron chi connectivity index (χ4n) is 1.42. The van der Waals surface area contributed by atoms with E-state index in [0.717, 1.165) is 23.6 Å². The molecule has 74 valence electrons. The van der Waals surface area contributed by atoms with Crippen molar-refractivity contribution in [2.24, 2.45) is 5.73 Å². The van der Waals surface area contributed by atoms with Gasteiger partial charge in [-0.3, -0.25) is 0 Å². The SMILES string of the molecule is Cc1oc(CN)cc1Cn1ccnc1. The molecule has 0 saturated carbocycles. The zero-order valence-corrected chi connectivity index (χ0v) is 8.10. The average molecular weight is 191 g/mol. The molecule has 14 heavy (non-hydrogen) atoms. The highest BCUT2D eigenvalue weighted by atomic mass is 16.3. The second-order valence-electron chi connectivity index (χ2n) is 3.23. The number of nitrogens with two attached hydrogens (primary N) is 1. The zero-order valence-electron chi connectivity index (χ0n) is 8.10. The lowest BCUT2D eigenvalue weighted by Gasteiger charge is -1.98. The lowest BCUT2D eigenvalue weighted by atomic mass is 10.2. The van der Waals surface area contributed by atoms with Crippen LogP contribution in [0.3, 0.4) is 0 Å². The fraction of sp³-hybridized carbons (Fsp3) is 0.300. The van der Waals surface area contributed by atoms with Gasteiger partial charge < -0.3 is 14.7 Å². The molecule has 0 spiro atoms. The second kappa shape index (κ2) is 3.67. The Morgan fingerprint density at radius 2 is 2.43 bits per heavy atom. The van der Waals surface area contributed by atoms with E-state index in [1.54, 1.807) is 12.5 Å². The van der Waals surface area contributed by atoms with E-state index >= 15 is 0 Å². The van der Waals surface area contributed by atoms with Crippen LogP contribution in [0.15, 0.2) is 29.2 Å². The van der Waals surface area contributed by atoms with E-state index in [2.05, 4.69) is 4.98 Å². The molecule has 0 unspecified atom stereocenters. The smallest absolute Gasteiger partial charge is 0.118 e. The summed E-state index contributed by atoms with van der Waals surface area (Å²) < 4.78 is 7.45. The predicted molar refractivity (Wildman–Crippen MR) is 52.7 cm³/mol. The van der Waals surface area contributed by atoms with Crippen LogP contribution in [-0.2, 0) is 13.1 Å². The standard InChI is InChI=1S/C10H13N3O/c1-8-9(4-10(5-11)14-8)6-13-3-2-12-7-13/h2-4,7H,5-6,11H2,1H3. The Bertz CT molecular complexity index is 403. The van der Waals surface area contributed by atoms with Crippen molar-refractivity contribution < 1.29 is 4.42 Å². The van der Waals surface area contributed by atoms with Gasteiger partial charge in [0, 0.05) is 18.0 Å². The molecule has 2 heterocycles. The van der Waals surface area contributed by atoms with Gasteiger partial charge in [0.15, 0.2) is 0 Å². The number of rotatable bonds is 3. The minimum absolute atomic E-state index is 0.449. The molecule has 4 heteroatoms.